The van der Waals surface area contributed by atoms with Gasteiger partial charge in [0, 0.05) is 18.4 Å². The lowest BCUT2D eigenvalue weighted by Crippen LogP contribution is -2.13. The Morgan fingerprint density at radius 2 is 2.22 bits per heavy atom. The van der Waals surface area contributed by atoms with Crippen LogP contribution in [0.25, 0.3) is 0 Å². The molecule has 2 aromatic rings. The molecule has 2 rings (SSSR count). The van der Waals surface area contributed by atoms with E-state index in [1.165, 1.54) is 6.20 Å². The van der Waals surface area contributed by atoms with Crippen LogP contribution in [0.4, 0.5) is 11.4 Å². The minimum atomic E-state index is -0.243. The number of aryl methyl sites for hydroxylation is 1. The van der Waals surface area contributed by atoms with Crippen molar-refractivity contribution in [2.75, 3.05) is 11.1 Å². The van der Waals surface area contributed by atoms with E-state index >= 15 is 0 Å². The normalized spacial score (nSPS) is 10.4. The molecule has 6 heteroatoms. The highest BCUT2D eigenvalue weighted by atomic mass is 35.5. The molecular weight excluding hydrogens is 252 g/mol. The standard InChI is InChI=1S/C12H13ClN4O/c1-7-9(6-15-17(7)2)12(18)16-11-4-3-8(14)5-10(11)13/h3-6H,14H2,1-2H3,(H,16,18). The first-order chi connectivity index (χ1) is 8.49. The van der Waals surface area contributed by atoms with Crippen LogP contribution in [-0.4, -0.2) is 15.7 Å². The molecule has 0 saturated carbocycles. The largest absolute Gasteiger partial charge is 0.399 e. The Morgan fingerprint density at radius 1 is 1.50 bits per heavy atom. The van der Waals surface area contributed by atoms with Gasteiger partial charge in [-0.3, -0.25) is 9.48 Å². The molecule has 0 unspecified atom stereocenters. The monoisotopic (exact) mass is 264 g/mol. The number of carbonyl (C=O) groups excluding carboxylic acids is 1. The maximum absolute atomic E-state index is 12.0. The van der Waals surface area contributed by atoms with Crippen LogP contribution >= 0.6 is 11.6 Å². The van der Waals surface area contributed by atoms with E-state index in [9.17, 15) is 4.79 Å². The maximum Gasteiger partial charge on any atom is 0.259 e. The topological polar surface area (TPSA) is 72.9 Å². The van der Waals surface area contributed by atoms with E-state index < -0.39 is 0 Å². The van der Waals surface area contributed by atoms with Crippen LogP contribution < -0.4 is 11.1 Å². The number of nitrogens with two attached hydrogens (primary N) is 1. The number of hydrogen-bond donors (Lipinski definition) is 2. The fraction of sp³-hybridized carbons (Fsp3) is 0.167. The van der Waals surface area contributed by atoms with E-state index in [1.807, 2.05) is 6.92 Å². The van der Waals surface area contributed by atoms with Crippen molar-refractivity contribution in [2.45, 2.75) is 6.92 Å². The number of nitrogens with one attached hydrogen (secondary N) is 1. The average molecular weight is 265 g/mol. The van der Waals surface area contributed by atoms with Gasteiger partial charge in [-0.05, 0) is 25.1 Å². The molecule has 0 aliphatic rings. The van der Waals surface area contributed by atoms with Gasteiger partial charge in [0.2, 0.25) is 0 Å². The second-order valence-corrected chi connectivity index (χ2v) is 4.37. The molecule has 0 bridgehead atoms. The van der Waals surface area contributed by atoms with Gasteiger partial charge in [0.25, 0.3) is 5.91 Å². The highest BCUT2D eigenvalue weighted by Gasteiger charge is 2.14. The fourth-order valence-corrected chi connectivity index (χ4v) is 1.78. The second-order valence-electron chi connectivity index (χ2n) is 3.96. The van der Waals surface area contributed by atoms with Crippen molar-refractivity contribution in [3.8, 4) is 0 Å². The number of carbonyl (C=O) groups is 1. The average Bonchev–Trinajstić information content (AvgIpc) is 2.64. The number of benzene rings is 1. The number of aromatic nitrogens is 2. The first-order valence-electron chi connectivity index (χ1n) is 5.34. The lowest BCUT2D eigenvalue weighted by molar-refractivity contribution is 0.102. The zero-order valence-electron chi connectivity index (χ0n) is 10.1. The van der Waals surface area contributed by atoms with E-state index in [2.05, 4.69) is 10.4 Å². The Bertz CT molecular complexity index is 606. The molecule has 0 aliphatic carbocycles. The fourth-order valence-electron chi connectivity index (χ4n) is 1.54. The molecular formula is C12H13ClN4O. The van der Waals surface area contributed by atoms with Crippen molar-refractivity contribution >= 4 is 28.9 Å². The number of amides is 1. The molecule has 0 radical (unpaired) electrons. The van der Waals surface area contributed by atoms with E-state index in [-0.39, 0.29) is 5.91 Å². The molecule has 0 atom stereocenters. The number of anilines is 2. The van der Waals surface area contributed by atoms with Gasteiger partial charge in [0.05, 0.1) is 22.5 Å². The summed E-state index contributed by atoms with van der Waals surface area (Å²) < 4.78 is 1.64. The zero-order chi connectivity index (χ0) is 13.3. The maximum atomic E-state index is 12.0. The van der Waals surface area contributed by atoms with Crippen LogP contribution in [-0.2, 0) is 7.05 Å². The van der Waals surface area contributed by atoms with Gasteiger partial charge >= 0.3 is 0 Å². The van der Waals surface area contributed by atoms with Gasteiger partial charge in [-0.2, -0.15) is 5.10 Å². The molecule has 0 fully saturated rings. The number of halogens is 1. The zero-order valence-corrected chi connectivity index (χ0v) is 10.8. The Balaban J connectivity index is 2.24. The minimum absolute atomic E-state index is 0.243. The van der Waals surface area contributed by atoms with Gasteiger partial charge in [-0.15, -0.1) is 0 Å². The molecule has 94 valence electrons. The van der Waals surface area contributed by atoms with Gasteiger partial charge < -0.3 is 11.1 Å². The summed E-state index contributed by atoms with van der Waals surface area (Å²) in [5, 5.41) is 7.15. The van der Waals surface area contributed by atoms with Gasteiger partial charge in [0.15, 0.2) is 0 Å². The third-order valence-electron chi connectivity index (χ3n) is 2.72. The summed E-state index contributed by atoms with van der Waals surface area (Å²) in [6, 6.07) is 4.94. The van der Waals surface area contributed by atoms with Crippen LogP contribution in [0.2, 0.25) is 5.02 Å². The Hall–Kier alpha value is -2.01. The van der Waals surface area contributed by atoms with Crippen LogP contribution in [0.3, 0.4) is 0 Å². The molecule has 0 aliphatic heterocycles. The molecule has 18 heavy (non-hydrogen) atoms. The Morgan fingerprint density at radius 3 is 2.78 bits per heavy atom. The summed E-state index contributed by atoms with van der Waals surface area (Å²) >= 11 is 5.99. The molecule has 0 saturated heterocycles. The van der Waals surface area contributed by atoms with Crippen molar-refractivity contribution in [3.05, 3.63) is 40.7 Å². The van der Waals surface area contributed by atoms with Gasteiger partial charge in [-0.25, -0.2) is 0 Å². The van der Waals surface area contributed by atoms with Crippen LogP contribution in [0.1, 0.15) is 16.1 Å². The summed E-state index contributed by atoms with van der Waals surface area (Å²) in [6.45, 7) is 1.83. The predicted molar refractivity (Wildman–Crippen MR) is 71.8 cm³/mol. The van der Waals surface area contributed by atoms with Crippen molar-refractivity contribution in [2.24, 2.45) is 7.05 Å². The predicted octanol–water partition coefficient (Wildman–Crippen LogP) is 2.22. The second kappa shape index (κ2) is 4.70. The lowest BCUT2D eigenvalue weighted by Gasteiger charge is -2.07. The summed E-state index contributed by atoms with van der Waals surface area (Å²) in [7, 11) is 1.78. The van der Waals surface area contributed by atoms with Crippen molar-refractivity contribution < 1.29 is 4.79 Å². The van der Waals surface area contributed by atoms with Crippen molar-refractivity contribution in [1.29, 1.82) is 0 Å². The van der Waals surface area contributed by atoms with Crippen molar-refractivity contribution in [1.82, 2.24) is 9.78 Å². The molecule has 3 N–H and O–H groups in total. The highest BCUT2D eigenvalue weighted by molar-refractivity contribution is 6.34. The number of rotatable bonds is 2. The highest BCUT2D eigenvalue weighted by Crippen LogP contribution is 2.24. The number of hydrogen-bond acceptors (Lipinski definition) is 3. The third kappa shape index (κ3) is 2.31. The number of nitrogens with zero attached hydrogens (tertiary/aromatic N) is 2. The molecule has 1 aromatic carbocycles. The van der Waals surface area contributed by atoms with E-state index in [0.717, 1.165) is 5.69 Å². The van der Waals surface area contributed by atoms with E-state index in [1.54, 1.807) is 29.9 Å². The van der Waals surface area contributed by atoms with Gasteiger partial charge in [0.1, 0.15) is 0 Å². The molecule has 0 spiro atoms. The van der Waals surface area contributed by atoms with Crippen molar-refractivity contribution in [3.63, 3.8) is 0 Å². The Kier molecular flexibility index (Phi) is 3.25. The molecule has 1 amide bonds. The van der Waals surface area contributed by atoms with Gasteiger partial charge in [-0.1, -0.05) is 11.6 Å². The smallest absolute Gasteiger partial charge is 0.259 e. The molecule has 1 heterocycles. The lowest BCUT2D eigenvalue weighted by atomic mass is 10.2. The van der Waals surface area contributed by atoms with Crippen LogP contribution in [0.15, 0.2) is 24.4 Å². The summed E-state index contributed by atoms with van der Waals surface area (Å²) in [6.07, 6.45) is 1.52. The summed E-state index contributed by atoms with van der Waals surface area (Å²) in [5.41, 5.74) is 7.97. The molecule has 1 aromatic heterocycles. The SMILES string of the molecule is Cc1c(C(=O)Nc2ccc(N)cc2Cl)cnn1C. The first-order valence-corrected chi connectivity index (χ1v) is 5.72. The van der Waals surface area contributed by atoms with E-state index in [0.29, 0.717) is 22.0 Å². The van der Waals surface area contributed by atoms with E-state index in [4.69, 9.17) is 17.3 Å². The number of nitrogen functional groups attached to an aromatic ring is 1. The third-order valence-corrected chi connectivity index (χ3v) is 3.03. The first kappa shape index (κ1) is 12.4. The minimum Gasteiger partial charge on any atom is -0.399 e. The summed E-state index contributed by atoms with van der Waals surface area (Å²) in [4.78, 5) is 12.0. The van der Waals surface area contributed by atoms with Crippen LogP contribution in [0.5, 0.6) is 0 Å². The summed E-state index contributed by atoms with van der Waals surface area (Å²) in [5.74, 6) is -0.243. The quantitative estimate of drug-likeness (QED) is 0.817. The Labute approximate surface area is 110 Å². The van der Waals surface area contributed by atoms with Crippen LogP contribution in [0, 0.1) is 6.92 Å². The molecule has 5 nitrogen and oxygen atoms in total.